The van der Waals surface area contributed by atoms with Gasteiger partial charge in [-0.25, -0.2) is 25.9 Å². The lowest BCUT2D eigenvalue weighted by molar-refractivity contribution is -0.120. The second-order valence-electron chi connectivity index (χ2n) is 5.93. The number of sulfonamides is 1. The normalized spacial score (nSPS) is 11.9. The fourth-order valence-electron chi connectivity index (χ4n) is 2.31. The monoisotopic (exact) mass is 428 g/mol. The summed E-state index contributed by atoms with van der Waals surface area (Å²) in [7, 11) is -7.23. The number of nitrogens with one attached hydrogen (secondary N) is 2. The molecule has 0 spiro atoms. The quantitative estimate of drug-likeness (QED) is 0.585. The van der Waals surface area contributed by atoms with Crippen molar-refractivity contribution >= 4 is 25.8 Å². The molecule has 0 saturated carbocycles. The van der Waals surface area contributed by atoms with Gasteiger partial charge in [0.05, 0.1) is 22.0 Å². The summed E-state index contributed by atoms with van der Waals surface area (Å²) in [5.41, 5.74) is 0.640. The Hall–Kier alpha value is -2.30. The van der Waals surface area contributed by atoms with Crippen LogP contribution < -0.4 is 10.0 Å². The highest BCUT2D eigenvalue weighted by Gasteiger charge is 2.16. The SMILES string of the molecule is CCS(=O)(=O)c1ccc(S(=O)(=O)NCCNC(=O)Cc2ccc(F)cc2)cc1. The lowest BCUT2D eigenvalue weighted by Gasteiger charge is -2.09. The maximum Gasteiger partial charge on any atom is 0.240 e. The van der Waals surface area contributed by atoms with E-state index < -0.39 is 19.9 Å². The molecule has 2 aromatic rings. The van der Waals surface area contributed by atoms with Crippen molar-refractivity contribution in [3.63, 3.8) is 0 Å². The number of amides is 1. The van der Waals surface area contributed by atoms with Gasteiger partial charge in [0.1, 0.15) is 5.82 Å². The molecular formula is C18H21FN2O5S2. The molecule has 2 N–H and O–H groups in total. The number of hydrogen-bond donors (Lipinski definition) is 2. The van der Waals surface area contributed by atoms with Crippen molar-refractivity contribution in [1.29, 1.82) is 0 Å². The van der Waals surface area contributed by atoms with Crippen LogP contribution in [0.1, 0.15) is 12.5 Å². The molecule has 0 saturated heterocycles. The smallest absolute Gasteiger partial charge is 0.240 e. The molecule has 0 aromatic heterocycles. The Bertz CT molecular complexity index is 1020. The number of carbonyl (C=O) groups is 1. The van der Waals surface area contributed by atoms with Crippen molar-refractivity contribution in [2.24, 2.45) is 0 Å². The highest BCUT2D eigenvalue weighted by molar-refractivity contribution is 7.91. The first-order valence-corrected chi connectivity index (χ1v) is 11.6. The Morgan fingerprint density at radius 2 is 1.46 bits per heavy atom. The predicted molar refractivity (Wildman–Crippen MR) is 102 cm³/mol. The third kappa shape index (κ3) is 6.11. The lowest BCUT2D eigenvalue weighted by Crippen LogP contribution is -2.35. The topological polar surface area (TPSA) is 109 Å². The number of rotatable bonds is 9. The molecule has 0 heterocycles. The molecule has 7 nitrogen and oxygen atoms in total. The van der Waals surface area contributed by atoms with Crippen molar-refractivity contribution in [2.75, 3.05) is 18.8 Å². The lowest BCUT2D eigenvalue weighted by atomic mass is 10.1. The van der Waals surface area contributed by atoms with Gasteiger partial charge < -0.3 is 5.32 Å². The van der Waals surface area contributed by atoms with Crippen LogP contribution in [0.4, 0.5) is 4.39 Å². The Morgan fingerprint density at radius 3 is 2.04 bits per heavy atom. The minimum atomic E-state index is -3.83. The van der Waals surface area contributed by atoms with Crippen molar-refractivity contribution in [3.05, 3.63) is 59.9 Å². The maximum atomic E-state index is 12.8. The van der Waals surface area contributed by atoms with E-state index in [1.807, 2.05) is 0 Å². The van der Waals surface area contributed by atoms with E-state index in [0.717, 1.165) is 0 Å². The van der Waals surface area contributed by atoms with E-state index >= 15 is 0 Å². The summed E-state index contributed by atoms with van der Waals surface area (Å²) in [6.45, 7) is 1.54. The van der Waals surface area contributed by atoms with Crippen LogP contribution >= 0.6 is 0 Å². The standard InChI is InChI=1S/C18H21FN2O5S2/c1-2-27(23,24)16-7-9-17(10-8-16)28(25,26)21-12-11-20-18(22)13-14-3-5-15(19)6-4-14/h3-10,21H,2,11-13H2,1H3,(H,20,22). The average molecular weight is 429 g/mol. The molecule has 0 unspecified atom stereocenters. The molecule has 0 radical (unpaired) electrons. The summed E-state index contributed by atoms with van der Waals surface area (Å²) in [5.74, 6) is -0.784. The van der Waals surface area contributed by atoms with E-state index in [1.54, 1.807) is 0 Å². The molecule has 2 rings (SSSR count). The summed E-state index contributed by atoms with van der Waals surface area (Å²) >= 11 is 0. The second kappa shape index (κ2) is 9.26. The molecule has 0 fully saturated rings. The van der Waals surface area contributed by atoms with Crippen LogP contribution in [0, 0.1) is 5.82 Å². The van der Waals surface area contributed by atoms with Crippen LogP contribution in [0.25, 0.3) is 0 Å². The van der Waals surface area contributed by atoms with Crippen molar-refractivity contribution in [1.82, 2.24) is 10.0 Å². The zero-order chi connectivity index (χ0) is 20.8. The van der Waals surface area contributed by atoms with E-state index in [1.165, 1.54) is 55.5 Å². The first-order valence-electron chi connectivity index (χ1n) is 8.47. The van der Waals surface area contributed by atoms with Gasteiger partial charge in [-0.15, -0.1) is 0 Å². The van der Waals surface area contributed by atoms with Gasteiger partial charge in [-0.05, 0) is 42.0 Å². The molecule has 1 amide bonds. The molecule has 152 valence electrons. The van der Waals surface area contributed by atoms with Gasteiger partial charge in [0, 0.05) is 13.1 Å². The zero-order valence-corrected chi connectivity index (χ0v) is 16.8. The van der Waals surface area contributed by atoms with Gasteiger partial charge in [-0.3, -0.25) is 4.79 Å². The van der Waals surface area contributed by atoms with Crippen LogP contribution in [0.5, 0.6) is 0 Å². The molecule has 0 aliphatic carbocycles. The third-order valence-electron chi connectivity index (χ3n) is 3.89. The molecule has 0 bridgehead atoms. The van der Waals surface area contributed by atoms with Crippen LogP contribution in [-0.2, 0) is 31.1 Å². The van der Waals surface area contributed by atoms with E-state index in [2.05, 4.69) is 10.0 Å². The van der Waals surface area contributed by atoms with Gasteiger partial charge in [0.25, 0.3) is 0 Å². The van der Waals surface area contributed by atoms with E-state index in [9.17, 15) is 26.0 Å². The molecule has 2 aromatic carbocycles. The zero-order valence-electron chi connectivity index (χ0n) is 15.2. The average Bonchev–Trinajstić information content (AvgIpc) is 2.67. The Labute approximate surface area is 163 Å². The Kier molecular flexibility index (Phi) is 7.28. The third-order valence-corrected chi connectivity index (χ3v) is 7.12. The summed E-state index contributed by atoms with van der Waals surface area (Å²) in [6.07, 6.45) is 0.0559. The summed E-state index contributed by atoms with van der Waals surface area (Å²) in [4.78, 5) is 11.8. The summed E-state index contributed by atoms with van der Waals surface area (Å²) < 4.78 is 63.1. The maximum absolute atomic E-state index is 12.8. The van der Waals surface area contributed by atoms with Gasteiger partial charge >= 0.3 is 0 Å². The first kappa shape index (κ1) is 22.0. The molecule has 28 heavy (non-hydrogen) atoms. The molecule has 0 atom stereocenters. The van der Waals surface area contributed by atoms with E-state index in [0.29, 0.717) is 5.56 Å². The van der Waals surface area contributed by atoms with Crippen molar-refractivity contribution in [2.45, 2.75) is 23.1 Å². The fraction of sp³-hybridized carbons (Fsp3) is 0.278. The molecule has 0 aliphatic heterocycles. The predicted octanol–water partition coefficient (Wildman–Crippen LogP) is 1.26. The van der Waals surface area contributed by atoms with E-state index in [-0.39, 0.29) is 46.8 Å². The minimum absolute atomic E-state index is 0.0352. The Morgan fingerprint density at radius 1 is 0.893 bits per heavy atom. The largest absolute Gasteiger partial charge is 0.355 e. The summed E-state index contributed by atoms with van der Waals surface area (Å²) in [5, 5.41) is 2.57. The number of sulfone groups is 1. The van der Waals surface area contributed by atoms with Gasteiger partial charge in [0.15, 0.2) is 9.84 Å². The number of carbonyl (C=O) groups excluding carboxylic acids is 1. The van der Waals surface area contributed by atoms with Gasteiger partial charge in [-0.2, -0.15) is 0 Å². The number of halogens is 1. The van der Waals surface area contributed by atoms with Gasteiger partial charge in [-0.1, -0.05) is 19.1 Å². The van der Waals surface area contributed by atoms with Gasteiger partial charge in [0.2, 0.25) is 15.9 Å². The van der Waals surface area contributed by atoms with Crippen molar-refractivity contribution < 1.29 is 26.0 Å². The fourth-order valence-corrected chi connectivity index (χ4v) is 4.23. The number of benzene rings is 2. The van der Waals surface area contributed by atoms with Crippen molar-refractivity contribution in [3.8, 4) is 0 Å². The minimum Gasteiger partial charge on any atom is -0.355 e. The molecule has 0 aliphatic rings. The molecule has 10 heteroatoms. The van der Waals surface area contributed by atoms with Crippen LogP contribution in [-0.4, -0.2) is 41.6 Å². The number of hydrogen-bond acceptors (Lipinski definition) is 5. The van der Waals surface area contributed by atoms with Crippen LogP contribution in [0.15, 0.2) is 58.3 Å². The van der Waals surface area contributed by atoms with Crippen LogP contribution in [0.3, 0.4) is 0 Å². The Balaban J connectivity index is 1.84. The molecular weight excluding hydrogens is 407 g/mol. The van der Waals surface area contributed by atoms with Crippen LogP contribution in [0.2, 0.25) is 0 Å². The second-order valence-corrected chi connectivity index (χ2v) is 9.97. The highest BCUT2D eigenvalue weighted by atomic mass is 32.2. The van der Waals surface area contributed by atoms with E-state index in [4.69, 9.17) is 0 Å². The highest BCUT2D eigenvalue weighted by Crippen LogP contribution is 2.15. The first-order chi connectivity index (χ1) is 13.1. The summed E-state index contributed by atoms with van der Waals surface area (Å²) in [6, 6.07) is 10.5.